The van der Waals surface area contributed by atoms with Crippen LogP contribution in [-0.4, -0.2) is 48.9 Å². The summed E-state index contributed by atoms with van der Waals surface area (Å²) >= 11 is 9.42. The van der Waals surface area contributed by atoms with Crippen LogP contribution in [0.3, 0.4) is 0 Å². The van der Waals surface area contributed by atoms with Gasteiger partial charge in [-0.2, -0.15) is 0 Å². The molecule has 0 unspecified atom stereocenters. The van der Waals surface area contributed by atoms with Gasteiger partial charge in [-0.1, -0.05) is 27.5 Å². The lowest BCUT2D eigenvalue weighted by molar-refractivity contribution is 0.0664. The Labute approximate surface area is 114 Å². The first-order chi connectivity index (χ1) is 8.08. The van der Waals surface area contributed by atoms with E-state index in [1.807, 2.05) is 11.0 Å². The molecule has 0 N–H and O–H groups in total. The van der Waals surface area contributed by atoms with Crippen LogP contribution in [0, 0.1) is 0 Å². The van der Waals surface area contributed by atoms with E-state index in [2.05, 4.69) is 27.9 Å². The maximum atomic E-state index is 12.3. The Bertz CT molecular complexity index is 431. The zero-order valence-corrected chi connectivity index (χ0v) is 12.0. The van der Waals surface area contributed by atoms with Crippen LogP contribution in [0.1, 0.15) is 10.4 Å². The van der Waals surface area contributed by atoms with E-state index in [4.69, 9.17) is 11.6 Å². The van der Waals surface area contributed by atoms with Gasteiger partial charge in [-0.15, -0.1) is 0 Å². The molecule has 0 radical (unpaired) electrons. The summed E-state index contributed by atoms with van der Waals surface area (Å²) in [5, 5.41) is 0.511. The molecule has 0 spiro atoms. The molecule has 17 heavy (non-hydrogen) atoms. The summed E-state index contributed by atoms with van der Waals surface area (Å²) in [6.45, 7) is 3.35. The lowest BCUT2D eigenvalue weighted by Crippen LogP contribution is -2.47. The molecule has 0 aromatic heterocycles. The van der Waals surface area contributed by atoms with Crippen LogP contribution in [0.5, 0.6) is 0 Å². The number of halogens is 2. The van der Waals surface area contributed by atoms with Gasteiger partial charge in [0, 0.05) is 30.7 Å². The fraction of sp³-hybridized carbons (Fsp3) is 0.417. The zero-order valence-electron chi connectivity index (χ0n) is 9.62. The van der Waals surface area contributed by atoms with Crippen LogP contribution in [0.2, 0.25) is 5.02 Å². The number of amides is 1. The lowest BCUT2D eigenvalue weighted by Gasteiger charge is -2.32. The quantitative estimate of drug-likeness (QED) is 0.794. The maximum absolute atomic E-state index is 12.3. The minimum absolute atomic E-state index is 0.0180. The summed E-state index contributed by atoms with van der Waals surface area (Å²) in [5.41, 5.74) is 0.575. The highest BCUT2D eigenvalue weighted by Gasteiger charge is 2.22. The highest BCUT2D eigenvalue weighted by molar-refractivity contribution is 9.10. The molecule has 1 heterocycles. The van der Waals surface area contributed by atoms with Crippen molar-refractivity contribution in [2.75, 3.05) is 33.2 Å². The first-order valence-corrected chi connectivity index (χ1v) is 6.68. The average Bonchev–Trinajstić information content (AvgIpc) is 2.32. The smallest absolute Gasteiger partial charge is 0.255 e. The van der Waals surface area contributed by atoms with Crippen molar-refractivity contribution >= 4 is 33.4 Å². The Morgan fingerprint density at radius 2 is 1.94 bits per heavy atom. The predicted molar refractivity (Wildman–Crippen MR) is 72.6 cm³/mol. The molecule has 5 heteroatoms. The lowest BCUT2D eigenvalue weighted by atomic mass is 10.2. The standard InChI is InChI=1S/C12H14BrClN2O/c1-15-4-6-16(7-5-15)12(17)10-8-9(13)2-3-11(10)14/h2-3,8H,4-7H2,1H3. The molecule has 1 aromatic rings. The average molecular weight is 318 g/mol. The van der Waals surface area contributed by atoms with Crippen molar-refractivity contribution < 1.29 is 4.79 Å². The van der Waals surface area contributed by atoms with Gasteiger partial charge in [0.1, 0.15) is 0 Å². The molecule has 1 fully saturated rings. The Morgan fingerprint density at radius 1 is 1.29 bits per heavy atom. The highest BCUT2D eigenvalue weighted by Crippen LogP contribution is 2.22. The molecule has 0 aliphatic carbocycles. The molecule has 1 aromatic carbocycles. The molecule has 2 rings (SSSR count). The van der Waals surface area contributed by atoms with E-state index in [-0.39, 0.29) is 5.91 Å². The van der Waals surface area contributed by atoms with Crippen molar-refractivity contribution in [3.8, 4) is 0 Å². The summed E-state index contributed by atoms with van der Waals surface area (Å²) in [6.07, 6.45) is 0. The molecule has 3 nitrogen and oxygen atoms in total. The Kier molecular flexibility index (Phi) is 4.07. The monoisotopic (exact) mass is 316 g/mol. The van der Waals surface area contributed by atoms with Gasteiger partial charge in [0.05, 0.1) is 10.6 Å². The minimum Gasteiger partial charge on any atom is -0.336 e. The molecule has 1 saturated heterocycles. The van der Waals surface area contributed by atoms with Crippen LogP contribution in [0.4, 0.5) is 0 Å². The molecule has 1 aliphatic rings. The van der Waals surface area contributed by atoms with Crippen LogP contribution < -0.4 is 0 Å². The third-order valence-electron chi connectivity index (χ3n) is 2.95. The fourth-order valence-electron chi connectivity index (χ4n) is 1.84. The summed E-state index contributed by atoms with van der Waals surface area (Å²) in [5.74, 6) is 0.0180. The first kappa shape index (κ1) is 12.9. The van der Waals surface area contributed by atoms with Gasteiger partial charge in [-0.3, -0.25) is 4.79 Å². The van der Waals surface area contributed by atoms with Crippen molar-refractivity contribution in [3.63, 3.8) is 0 Å². The van der Waals surface area contributed by atoms with E-state index >= 15 is 0 Å². The van der Waals surface area contributed by atoms with Crippen molar-refractivity contribution in [1.82, 2.24) is 9.80 Å². The normalized spacial score (nSPS) is 17.2. The van der Waals surface area contributed by atoms with E-state index in [9.17, 15) is 4.79 Å². The first-order valence-electron chi connectivity index (χ1n) is 5.51. The van der Waals surface area contributed by atoms with Crippen molar-refractivity contribution in [2.45, 2.75) is 0 Å². The van der Waals surface area contributed by atoms with E-state index in [0.717, 1.165) is 30.7 Å². The number of hydrogen-bond acceptors (Lipinski definition) is 2. The topological polar surface area (TPSA) is 23.6 Å². The maximum Gasteiger partial charge on any atom is 0.255 e. The van der Waals surface area contributed by atoms with E-state index in [1.165, 1.54) is 0 Å². The summed E-state index contributed by atoms with van der Waals surface area (Å²) in [4.78, 5) is 16.4. The van der Waals surface area contributed by atoms with Gasteiger partial charge in [0.15, 0.2) is 0 Å². The molecular formula is C12H14BrClN2O. The second-order valence-corrected chi connectivity index (χ2v) is 5.54. The van der Waals surface area contributed by atoms with Crippen LogP contribution in [-0.2, 0) is 0 Å². The number of rotatable bonds is 1. The number of benzene rings is 1. The van der Waals surface area contributed by atoms with E-state index in [0.29, 0.717) is 10.6 Å². The SMILES string of the molecule is CN1CCN(C(=O)c2cc(Br)ccc2Cl)CC1. The minimum atomic E-state index is 0.0180. The van der Waals surface area contributed by atoms with Crippen molar-refractivity contribution in [3.05, 3.63) is 33.3 Å². The Morgan fingerprint density at radius 3 is 2.59 bits per heavy atom. The predicted octanol–water partition coefficient (Wildman–Crippen LogP) is 2.49. The van der Waals surface area contributed by atoms with Gasteiger partial charge >= 0.3 is 0 Å². The number of likely N-dealkylation sites (N-methyl/N-ethyl adjacent to an activating group) is 1. The van der Waals surface area contributed by atoms with Gasteiger partial charge in [-0.25, -0.2) is 0 Å². The number of carbonyl (C=O) groups is 1. The molecule has 1 amide bonds. The summed E-state index contributed by atoms with van der Waals surface area (Å²) in [7, 11) is 2.06. The zero-order chi connectivity index (χ0) is 12.4. The number of piperazine rings is 1. The van der Waals surface area contributed by atoms with E-state index in [1.54, 1.807) is 12.1 Å². The third kappa shape index (κ3) is 3.00. The van der Waals surface area contributed by atoms with E-state index < -0.39 is 0 Å². The molecule has 0 bridgehead atoms. The van der Waals surface area contributed by atoms with Crippen LogP contribution in [0.15, 0.2) is 22.7 Å². The van der Waals surface area contributed by atoms with Crippen molar-refractivity contribution in [1.29, 1.82) is 0 Å². The summed E-state index contributed by atoms with van der Waals surface area (Å²) in [6, 6.07) is 5.36. The second kappa shape index (κ2) is 5.38. The molecule has 0 atom stereocenters. The second-order valence-electron chi connectivity index (χ2n) is 4.22. The van der Waals surface area contributed by atoms with Gasteiger partial charge in [-0.05, 0) is 25.2 Å². The third-order valence-corrected chi connectivity index (χ3v) is 3.77. The molecule has 1 aliphatic heterocycles. The fourth-order valence-corrected chi connectivity index (χ4v) is 2.40. The highest BCUT2D eigenvalue weighted by atomic mass is 79.9. The van der Waals surface area contributed by atoms with Gasteiger partial charge in [0.2, 0.25) is 0 Å². The van der Waals surface area contributed by atoms with Crippen LogP contribution in [0.25, 0.3) is 0 Å². The Hall–Kier alpha value is -0.580. The van der Waals surface area contributed by atoms with Crippen molar-refractivity contribution in [2.24, 2.45) is 0 Å². The van der Waals surface area contributed by atoms with Gasteiger partial charge in [0.25, 0.3) is 5.91 Å². The molecule has 92 valence electrons. The molecule has 0 saturated carbocycles. The largest absolute Gasteiger partial charge is 0.336 e. The van der Waals surface area contributed by atoms with Gasteiger partial charge < -0.3 is 9.80 Å². The number of carbonyl (C=O) groups excluding carboxylic acids is 1. The summed E-state index contributed by atoms with van der Waals surface area (Å²) < 4.78 is 0.874. The number of hydrogen-bond donors (Lipinski definition) is 0. The Balaban J connectivity index is 2.16. The molecular weight excluding hydrogens is 304 g/mol. The number of nitrogens with zero attached hydrogens (tertiary/aromatic N) is 2. The van der Waals surface area contributed by atoms with Crippen LogP contribution >= 0.6 is 27.5 Å².